The minimum atomic E-state index is -0.807. The zero-order valence-corrected chi connectivity index (χ0v) is 11.9. The van der Waals surface area contributed by atoms with E-state index in [1.165, 1.54) is 0 Å². The molecule has 110 valence electrons. The van der Waals surface area contributed by atoms with Crippen molar-refractivity contribution in [3.8, 4) is 0 Å². The highest BCUT2D eigenvalue weighted by Crippen LogP contribution is 2.07. The zero-order valence-electron chi connectivity index (χ0n) is 11.9. The summed E-state index contributed by atoms with van der Waals surface area (Å²) in [6.45, 7) is 6.27. The van der Waals surface area contributed by atoms with Crippen LogP contribution in [0.2, 0.25) is 0 Å². The van der Waals surface area contributed by atoms with Gasteiger partial charge in [-0.15, -0.1) is 0 Å². The van der Waals surface area contributed by atoms with Crippen LogP contribution in [0.5, 0.6) is 0 Å². The van der Waals surface area contributed by atoms with Gasteiger partial charge in [-0.25, -0.2) is 0 Å². The molecule has 2 atom stereocenters. The fourth-order valence-electron chi connectivity index (χ4n) is 1.44. The Morgan fingerprint density at radius 1 is 1.33 bits per heavy atom. The van der Waals surface area contributed by atoms with Crippen LogP contribution in [0.15, 0.2) is 0 Å². The molecule has 5 heteroatoms. The number of aliphatic hydroxyl groups excluding tert-OH is 1. The van der Waals surface area contributed by atoms with E-state index in [-0.39, 0.29) is 0 Å². The van der Waals surface area contributed by atoms with Gasteiger partial charge >= 0.3 is 0 Å². The van der Waals surface area contributed by atoms with E-state index in [4.69, 9.17) is 9.47 Å². The average Bonchev–Trinajstić information content (AvgIpc) is 2.32. The van der Waals surface area contributed by atoms with E-state index >= 15 is 0 Å². The maximum atomic E-state index is 9.95. The van der Waals surface area contributed by atoms with Gasteiger partial charge in [0.25, 0.3) is 0 Å². The first-order valence-corrected chi connectivity index (χ1v) is 6.69. The molecule has 0 bridgehead atoms. The van der Waals surface area contributed by atoms with Crippen LogP contribution in [0.1, 0.15) is 33.1 Å². The normalized spacial score (nSPS) is 16.5. The van der Waals surface area contributed by atoms with E-state index in [0.29, 0.717) is 39.3 Å². The SMILES string of the molecule is CCCCOCC(O)CNCC(C)(O)CCOC. The molecule has 0 saturated carbocycles. The van der Waals surface area contributed by atoms with Crippen molar-refractivity contribution in [2.75, 3.05) is 40.0 Å². The monoisotopic (exact) mass is 263 g/mol. The Kier molecular flexibility index (Phi) is 10.6. The van der Waals surface area contributed by atoms with Gasteiger partial charge in [-0.1, -0.05) is 13.3 Å². The van der Waals surface area contributed by atoms with Gasteiger partial charge in [0.05, 0.1) is 18.3 Å². The van der Waals surface area contributed by atoms with Gasteiger partial charge in [0.1, 0.15) is 0 Å². The Hall–Kier alpha value is -0.200. The molecular formula is C13H29NO4. The fourth-order valence-corrected chi connectivity index (χ4v) is 1.44. The van der Waals surface area contributed by atoms with Gasteiger partial charge in [0, 0.05) is 39.8 Å². The third kappa shape index (κ3) is 10.9. The second-order valence-electron chi connectivity index (χ2n) is 4.95. The average molecular weight is 263 g/mol. The Labute approximate surface area is 110 Å². The fraction of sp³-hybridized carbons (Fsp3) is 1.00. The molecule has 0 rings (SSSR count). The molecule has 2 unspecified atom stereocenters. The predicted octanol–water partition coefficient (Wildman–Crippen LogP) is 0.541. The van der Waals surface area contributed by atoms with E-state index in [0.717, 1.165) is 12.8 Å². The number of methoxy groups -OCH3 is 1. The van der Waals surface area contributed by atoms with Crippen molar-refractivity contribution in [2.45, 2.75) is 44.8 Å². The molecule has 5 nitrogen and oxygen atoms in total. The van der Waals surface area contributed by atoms with E-state index in [9.17, 15) is 10.2 Å². The summed E-state index contributed by atoms with van der Waals surface area (Å²) >= 11 is 0. The van der Waals surface area contributed by atoms with E-state index in [2.05, 4.69) is 12.2 Å². The van der Waals surface area contributed by atoms with Crippen LogP contribution in [-0.4, -0.2) is 61.9 Å². The Morgan fingerprint density at radius 3 is 2.67 bits per heavy atom. The lowest BCUT2D eigenvalue weighted by atomic mass is 10.0. The first-order valence-electron chi connectivity index (χ1n) is 6.69. The van der Waals surface area contributed by atoms with Crippen molar-refractivity contribution in [1.29, 1.82) is 0 Å². The second-order valence-corrected chi connectivity index (χ2v) is 4.95. The summed E-state index contributed by atoms with van der Waals surface area (Å²) < 4.78 is 10.2. The van der Waals surface area contributed by atoms with Crippen LogP contribution in [-0.2, 0) is 9.47 Å². The molecule has 0 heterocycles. The van der Waals surface area contributed by atoms with Crippen molar-refractivity contribution < 1.29 is 19.7 Å². The Balaban J connectivity index is 3.51. The lowest BCUT2D eigenvalue weighted by Gasteiger charge is -2.24. The first-order chi connectivity index (χ1) is 8.52. The lowest BCUT2D eigenvalue weighted by molar-refractivity contribution is 0.0129. The van der Waals surface area contributed by atoms with Crippen LogP contribution in [0.4, 0.5) is 0 Å². The van der Waals surface area contributed by atoms with E-state index in [1.807, 2.05) is 0 Å². The topological polar surface area (TPSA) is 71.0 Å². The minimum Gasteiger partial charge on any atom is -0.389 e. The first kappa shape index (κ1) is 17.8. The molecule has 0 aromatic rings. The summed E-state index contributed by atoms with van der Waals surface area (Å²) in [7, 11) is 1.61. The number of aliphatic hydroxyl groups is 2. The van der Waals surface area contributed by atoms with Gasteiger partial charge in [-0.2, -0.15) is 0 Å². The van der Waals surface area contributed by atoms with Gasteiger partial charge in [0.15, 0.2) is 0 Å². The summed E-state index contributed by atoms with van der Waals surface area (Å²) in [5, 5.41) is 22.6. The highest BCUT2D eigenvalue weighted by Gasteiger charge is 2.19. The number of hydrogen-bond donors (Lipinski definition) is 3. The molecule has 0 aromatic carbocycles. The molecule has 0 aliphatic carbocycles. The molecule has 0 aliphatic rings. The van der Waals surface area contributed by atoms with Crippen molar-refractivity contribution >= 4 is 0 Å². The molecule has 0 saturated heterocycles. The number of ether oxygens (including phenoxy) is 2. The van der Waals surface area contributed by atoms with Crippen LogP contribution in [0.3, 0.4) is 0 Å². The zero-order chi connectivity index (χ0) is 13.9. The smallest absolute Gasteiger partial charge is 0.0897 e. The maximum Gasteiger partial charge on any atom is 0.0897 e. The van der Waals surface area contributed by atoms with Crippen LogP contribution in [0.25, 0.3) is 0 Å². The largest absolute Gasteiger partial charge is 0.389 e. The number of rotatable bonds is 12. The Morgan fingerprint density at radius 2 is 2.06 bits per heavy atom. The van der Waals surface area contributed by atoms with Gasteiger partial charge in [-0.3, -0.25) is 0 Å². The minimum absolute atomic E-state index is 0.340. The molecule has 3 N–H and O–H groups in total. The van der Waals surface area contributed by atoms with Crippen molar-refractivity contribution in [3.63, 3.8) is 0 Å². The van der Waals surface area contributed by atoms with Gasteiger partial charge in [-0.05, 0) is 13.3 Å². The summed E-state index contributed by atoms with van der Waals surface area (Å²) in [5.41, 5.74) is -0.807. The summed E-state index contributed by atoms with van der Waals surface area (Å²) in [6.07, 6.45) is 2.16. The molecule has 0 fully saturated rings. The van der Waals surface area contributed by atoms with Crippen LogP contribution in [0, 0.1) is 0 Å². The van der Waals surface area contributed by atoms with Crippen LogP contribution < -0.4 is 5.32 Å². The van der Waals surface area contributed by atoms with E-state index in [1.54, 1.807) is 14.0 Å². The predicted molar refractivity (Wildman–Crippen MR) is 71.7 cm³/mol. The number of hydrogen-bond acceptors (Lipinski definition) is 5. The summed E-state index contributed by atoms with van der Waals surface area (Å²) in [5.74, 6) is 0. The van der Waals surface area contributed by atoms with Gasteiger partial charge < -0.3 is 25.0 Å². The second kappa shape index (κ2) is 10.7. The molecule has 0 spiro atoms. The summed E-state index contributed by atoms with van der Waals surface area (Å²) in [4.78, 5) is 0. The number of nitrogens with one attached hydrogen (secondary N) is 1. The van der Waals surface area contributed by atoms with Crippen molar-refractivity contribution in [2.24, 2.45) is 0 Å². The third-order valence-electron chi connectivity index (χ3n) is 2.68. The number of unbranched alkanes of at least 4 members (excludes halogenated alkanes) is 1. The van der Waals surface area contributed by atoms with Gasteiger partial charge in [0.2, 0.25) is 0 Å². The molecule has 18 heavy (non-hydrogen) atoms. The molecule has 0 radical (unpaired) electrons. The Bertz CT molecular complexity index is 188. The highest BCUT2D eigenvalue weighted by atomic mass is 16.5. The quantitative estimate of drug-likeness (QED) is 0.448. The molecule has 0 aromatic heterocycles. The molecule has 0 amide bonds. The molecule has 0 aliphatic heterocycles. The van der Waals surface area contributed by atoms with Crippen molar-refractivity contribution in [1.82, 2.24) is 5.32 Å². The molecular weight excluding hydrogens is 234 g/mol. The summed E-state index contributed by atoms with van der Waals surface area (Å²) in [6, 6.07) is 0. The van der Waals surface area contributed by atoms with Crippen molar-refractivity contribution in [3.05, 3.63) is 0 Å². The van der Waals surface area contributed by atoms with E-state index < -0.39 is 11.7 Å². The third-order valence-corrected chi connectivity index (χ3v) is 2.68. The highest BCUT2D eigenvalue weighted by molar-refractivity contribution is 4.76. The lowest BCUT2D eigenvalue weighted by Crippen LogP contribution is -2.42. The maximum absolute atomic E-state index is 9.95. The standard InChI is InChI=1S/C13H29NO4/c1-4-5-7-18-10-12(15)9-14-11-13(2,16)6-8-17-3/h12,14-16H,4-11H2,1-3H3. The van der Waals surface area contributed by atoms with Crippen LogP contribution >= 0.6 is 0 Å².